The minimum absolute atomic E-state index is 0.00411. The van der Waals surface area contributed by atoms with Gasteiger partial charge >= 0.3 is 0 Å². The minimum atomic E-state index is -0.701. The molecule has 6 heteroatoms. The summed E-state index contributed by atoms with van der Waals surface area (Å²) in [5.41, 5.74) is 3.01. The molecule has 0 saturated heterocycles. The summed E-state index contributed by atoms with van der Waals surface area (Å²) < 4.78 is 5.78. The predicted octanol–water partition coefficient (Wildman–Crippen LogP) is 5.58. The molecule has 184 valence electrons. The van der Waals surface area contributed by atoms with E-state index >= 15 is 0 Å². The Kier molecular flexibility index (Phi) is 9.74. The molecule has 0 bridgehead atoms. The second-order valence-corrected chi connectivity index (χ2v) is 9.10. The Morgan fingerprint density at radius 3 is 2.31 bits per heavy atom. The van der Waals surface area contributed by atoms with Crippen LogP contribution in [0.3, 0.4) is 0 Å². The quantitative estimate of drug-likeness (QED) is 0.380. The molecule has 0 radical (unpaired) electrons. The second kappa shape index (κ2) is 13.0. The van der Waals surface area contributed by atoms with E-state index in [2.05, 4.69) is 5.32 Å². The first kappa shape index (κ1) is 26.3. The van der Waals surface area contributed by atoms with Gasteiger partial charge < -0.3 is 15.0 Å². The van der Waals surface area contributed by atoms with Crippen molar-refractivity contribution in [3.05, 3.63) is 101 Å². The molecule has 0 spiro atoms. The highest BCUT2D eigenvalue weighted by Crippen LogP contribution is 2.24. The number of halogens is 1. The fraction of sp³-hybridized carbons (Fsp3) is 0.310. The van der Waals surface area contributed by atoms with E-state index in [4.69, 9.17) is 16.3 Å². The molecule has 0 aliphatic heterocycles. The number of carbonyl (C=O) groups is 2. The number of amides is 2. The lowest BCUT2D eigenvalue weighted by Crippen LogP contribution is -2.53. The Morgan fingerprint density at radius 1 is 0.971 bits per heavy atom. The van der Waals surface area contributed by atoms with Gasteiger partial charge in [-0.05, 0) is 49.1 Å². The van der Waals surface area contributed by atoms with Crippen LogP contribution in [-0.4, -0.2) is 35.4 Å². The normalized spacial score (nSPS) is 12.5. The highest BCUT2D eigenvalue weighted by molar-refractivity contribution is 6.32. The van der Waals surface area contributed by atoms with Crippen LogP contribution < -0.4 is 10.1 Å². The van der Waals surface area contributed by atoms with E-state index in [1.165, 1.54) is 0 Å². The van der Waals surface area contributed by atoms with Gasteiger partial charge in [0.2, 0.25) is 5.91 Å². The summed E-state index contributed by atoms with van der Waals surface area (Å²) in [5, 5.41) is 3.51. The summed E-state index contributed by atoms with van der Waals surface area (Å²) in [6, 6.07) is 24.0. The van der Waals surface area contributed by atoms with E-state index in [0.717, 1.165) is 23.1 Å². The Morgan fingerprint density at radius 2 is 1.63 bits per heavy atom. The summed E-state index contributed by atoms with van der Waals surface area (Å²) in [4.78, 5) is 28.7. The molecule has 1 N–H and O–H groups in total. The maximum Gasteiger partial charge on any atom is 0.261 e. The maximum absolute atomic E-state index is 13.6. The Labute approximate surface area is 213 Å². The summed E-state index contributed by atoms with van der Waals surface area (Å²) in [6.45, 7) is 6.06. The van der Waals surface area contributed by atoms with Gasteiger partial charge in [-0.25, -0.2) is 0 Å². The molecular formula is C29H33ClN2O3. The van der Waals surface area contributed by atoms with Crippen LogP contribution in [0.1, 0.15) is 37.0 Å². The van der Waals surface area contributed by atoms with Crippen LogP contribution in [0.5, 0.6) is 5.75 Å². The monoisotopic (exact) mass is 492 g/mol. The van der Waals surface area contributed by atoms with Gasteiger partial charge in [-0.3, -0.25) is 9.59 Å². The first-order valence-electron chi connectivity index (χ1n) is 11.9. The highest BCUT2D eigenvalue weighted by Gasteiger charge is 2.31. The van der Waals surface area contributed by atoms with Gasteiger partial charge in [0.25, 0.3) is 5.91 Å². The number of hydrogen-bond acceptors (Lipinski definition) is 3. The van der Waals surface area contributed by atoms with Crippen molar-refractivity contribution in [3.8, 4) is 5.75 Å². The van der Waals surface area contributed by atoms with E-state index in [1.54, 1.807) is 29.2 Å². The fourth-order valence-corrected chi connectivity index (χ4v) is 3.94. The number of nitrogens with one attached hydrogen (secondary N) is 1. The van der Waals surface area contributed by atoms with Crippen molar-refractivity contribution in [2.75, 3.05) is 6.61 Å². The van der Waals surface area contributed by atoms with Gasteiger partial charge in [-0.15, -0.1) is 0 Å². The predicted molar refractivity (Wildman–Crippen MR) is 141 cm³/mol. The van der Waals surface area contributed by atoms with Crippen LogP contribution in [0.4, 0.5) is 0 Å². The zero-order chi connectivity index (χ0) is 25.2. The van der Waals surface area contributed by atoms with Crippen molar-refractivity contribution in [2.45, 2.75) is 52.2 Å². The summed E-state index contributed by atoms with van der Waals surface area (Å²) >= 11 is 6.22. The van der Waals surface area contributed by atoms with Gasteiger partial charge in [-0.2, -0.15) is 0 Å². The second-order valence-electron chi connectivity index (χ2n) is 8.69. The molecule has 0 aliphatic rings. The third kappa shape index (κ3) is 7.59. The summed E-state index contributed by atoms with van der Waals surface area (Å²) in [5.74, 6) is -0.0293. The van der Waals surface area contributed by atoms with Crippen LogP contribution in [-0.2, 0) is 22.6 Å². The number of benzene rings is 3. The van der Waals surface area contributed by atoms with Crippen molar-refractivity contribution in [1.82, 2.24) is 10.2 Å². The van der Waals surface area contributed by atoms with E-state index in [1.807, 2.05) is 75.4 Å². The maximum atomic E-state index is 13.6. The molecular weight excluding hydrogens is 460 g/mol. The molecule has 2 amide bonds. The molecule has 0 saturated carbocycles. The molecule has 3 aromatic rings. The Hall–Kier alpha value is -3.31. The van der Waals surface area contributed by atoms with Crippen molar-refractivity contribution < 1.29 is 14.3 Å². The molecule has 2 atom stereocenters. The lowest BCUT2D eigenvalue weighted by molar-refractivity contribution is -0.143. The fourth-order valence-electron chi connectivity index (χ4n) is 3.75. The number of carbonyl (C=O) groups excluding carboxylic acids is 2. The first-order chi connectivity index (χ1) is 16.9. The van der Waals surface area contributed by atoms with Crippen LogP contribution >= 0.6 is 11.6 Å². The minimum Gasteiger partial charge on any atom is -0.482 e. The average Bonchev–Trinajstić information content (AvgIpc) is 2.87. The number of nitrogens with zero attached hydrogens (tertiary/aromatic N) is 1. The molecule has 3 aromatic carbocycles. The molecule has 0 unspecified atom stereocenters. The van der Waals surface area contributed by atoms with Crippen LogP contribution in [0.2, 0.25) is 5.02 Å². The molecule has 0 heterocycles. The van der Waals surface area contributed by atoms with Gasteiger partial charge in [0.1, 0.15) is 11.8 Å². The Bertz CT molecular complexity index is 1120. The lowest BCUT2D eigenvalue weighted by Gasteiger charge is -2.32. The molecule has 0 aliphatic carbocycles. The third-order valence-electron chi connectivity index (χ3n) is 6.06. The van der Waals surface area contributed by atoms with Crippen molar-refractivity contribution in [1.29, 1.82) is 0 Å². The van der Waals surface area contributed by atoms with E-state index < -0.39 is 6.04 Å². The highest BCUT2D eigenvalue weighted by atomic mass is 35.5. The summed E-state index contributed by atoms with van der Waals surface area (Å²) in [6.07, 6.45) is 1.19. The average molecular weight is 493 g/mol. The molecule has 0 fully saturated rings. The number of ether oxygens (including phenoxy) is 1. The van der Waals surface area contributed by atoms with Crippen LogP contribution in [0.25, 0.3) is 0 Å². The first-order valence-corrected chi connectivity index (χ1v) is 12.3. The molecule has 0 aromatic heterocycles. The number of hydrogen-bond donors (Lipinski definition) is 1. The van der Waals surface area contributed by atoms with Gasteiger partial charge in [0.15, 0.2) is 6.61 Å². The molecule has 5 nitrogen and oxygen atoms in total. The molecule has 3 rings (SSSR count). The van der Waals surface area contributed by atoms with E-state index in [9.17, 15) is 9.59 Å². The summed E-state index contributed by atoms with van der Waals surface area (Å²) in [7, 11) is 0. The van der Waals surface area contributed by atoms with Crippen molar-refractivity contribution in [2.24, 2.45) is 0 Å². The zero-order valence-electron chi connectivity index (χ0n) is 20.5. The largest absolute Gasteiger partial charge is 0.482 e. The topological polar surface area (TPSA) is 58.6 Å². The Balaban J connectivity index is 1.93. The van der Waals surface area contributed by atoms with Gasteiger partial charge in [0, 0.05) is 19.0 Å². The van der Waals surface area contributed by atoms with Crippen molar-refractivity contribution >= 4 is 23.4 Å². The lowest BCUT2D eigenvalue weighted by atomic mass is 10.0. The van der Waals surface area contributed by atoms with Gasteiger partial charge in [0.05, 0.1) is 5.02 Å². The third-order valence-corrected chi connectivity index (χ3v) is 6.37. The smallest absolute Gasteiger partial charge is 0.261 e. The van der Waals surface area contributed by atoms with Gasteiger partial charge in [-0.1, -0.05) is 85.3 Å². The van der Waals surface area contributed by atoms with Crippen LogP contribution in [0.15, 0.2) is 78.9 Å². The SMILES string of the molecule is CC[C@@H](C)NC(=O)[C@H](Cc1ccccc1)N(Cc1ccccc1C)C(=O)COc1ccccc1Cl. The van der Waals surface area contributed by atoms with E-state index in [-0.39, 0.29) is 24.5 Å². The van der Waals surface area contributed by atoms with Crippen molar-refractivity contribution in [3.63, 3.8) is 0 Å². The molecule has 35 heavy (non-hydrogen) atoms. The number of rotatable bonds is 11. The standard InChI is InChI=1S/C29H33ClN2O3/c1-4-22(3)31-29(34)26(18-23-13-6-5-7-14-23)32(19-24-15-9-8-12-21(24)2)28(33)20-35-27-17-11-10-16-25(27)30/h5-17,22,26H,4,18-20H2,1-3H3,(H,31,34)/t22-,26+/m1/s1. The zero-order valence-corrected chi connectivity index (χ0v) is 21.3. The number of aryl methyl sites for hydroxylation is 1. The van der Waals surface area contributed by atoms with Crippen LogP contribution in [0, 0.1) is 6.92 Å². The van der Waals surface area contributed by atoms with E-state index in [0.29, 0.717) is 23.7 Å². The number of para-hydroxylation sites is 1.